The predicted molar refractivity (Wildman–Crippen MR) is 101 cm³/mol. The third-order valence-corrected chi connectivity index (χ3v) is 8.15. The van der Waals surface area contributed by atoms with E-state index >= 15 is 0 Å². The van der Waals surface area contributed by atoms with Gasteiger partial charge in [-0.15, -0.1) is 0 Å². The van der Waals surface area contributed by atoms with Gasteiger partial charge >= 0.3 is 6.18 Å². The van der Waals surface area contributed by atoms with E-state index in [4.69, 9.17) is 5.73 Å². The first-order chi connectivity index (χ1) is 12.5. The molecule has 1 saturated carbocycles. The lowest BCUT2D eigenvalue weighted by molar-refractivity contribution is -0.137. The summed E-state index contributed by atoms with van der Waals surface area (Å²) in [6.07, 6.45) is -2.79. The number of benzene rings is 2. The van der Waals surface area contributed by atoms with Crippen LogP contribution in [0, 0.1) is 0 Å². The van der Waals surface area contributed by atoms with Crippen molar-refractivity contribution < 1.29 is 21.6 Å². The van der Waals surface area contributed by atoms with Gasteiger partial charge in [-0.25, -0.2) is 8.42 Å². The fraction of sp³-hybridized carbons (Fsp3) is 0.368. The Kier molecular flexibility index (Phi) is 5.44. The van der Waals surface area contributed by atoms with Crippen molar-refractivity contribution in [2.45, 2.75) is 47.5 Å². The molecule has 0 bridgehead atoms. The normalized spacial score (nSPS) is 24.0. The molecule has 2 N–H and O–H groups in total. The molecule has 1 aliphatic rings. The Morgan fingerprint density at radius 3 is 2.07 bits per heavy atom. The van der Waals surface area contributed by atoms with Crippen molar-refractivity contribution in [1.82, 2.24) is 0 Å². The molecule has 0 radical (unpaired) electrons. The zero-order chi connectivity index (χ0) is 19.9. The molecule has 8 heteroatoms. The molecule has 0 aromatic heterocycles. The van der Waals surface area contributed by atoms with E-state index in [9.17, 15) is 21.6 Å². The van der Waals surface area contributed by atoms with E-state index in [-0.39, 0.29) is 4.90 Å². The Bertz CT molecular complexity index is 919. The number of hydrogen-bond acceptors (Lipinski definition) is 3. The summed E-state index contributed by atoms with van der Waals surface area (Å²) in [5, 5.41) is -0.645. The number of halogens is 4. The Labute approximate surface area is 164 Å². The first-order valence-electron chi connectivity index (χ1n) is 8.49. The predicted octanol–water partition coefficient (Wildman–Crippen LogP) is 5.04. The summed E-state index contributed by atoms with van der Waals surface area (Å²) in [5.41, 5.74) is 6.00. The zero-order valence-corrected chi connectivity index (χ0v) is 16.7. The van der Waals surface area contributed by atoms with Gasteiger partial charge in [0.25, 0.3) is 0 Å². The van der Waals surface area contributed by atoms with Crippen molar-refractivity contribution in [1.29, 1.82) is 0 Å². The van der Waals surface area contributed by atoms with E-state index in [2.05, 4.69) is 15.9 Å². The molecule has 0 aliphatic heterocycles. The van der Waals surface area contributed by atoms with Crippen LogP contribution in [-0.4, -0.2) is 13.7 Å². The Hall–Kier alpha value is -1.38. The zero-order valence-electron chi connectivity index (χ0n) is 14.3. The lowest BCUT2D eigenvalue weighted by Gasteiger charge is -2.38. The van der Waals surface area contributed by atoms with Crippen molar-refractivity contribution >= 4 is 25.8 Å². The molecule has 0 spiro atoms. The van der Waals surface area contributed by atoms with Crippen LogP contribution in [-0.2, 0) is 21.6 Å². The second kappa shape index (κ2) is 7.22. The molecular formula is C19H19BrF3NO2S. The van der Waals surface area contributed by atoms with Crippen molar-refractivity contribution in [3.05, 3.63) is 64.1 Å². The molecule has 3 rings (SSSR count). The first kappa shape index (κ1) is 20.4. The van der Waals surface area contributed by atoms with Crippen LogP contribution < -0.4 is 5.73 Å². The van der Waals surface area contributed by atoms with Gasteiger partial charge in [-0.1, -0.05) is 34.1 Å². The molecule has 146 valence electrons. The quantitative estimate of drug-likeness (QED) is 0.696. The standard InChI is InChI=1S/C19H19BrF3NO2S/c20-17-4-2-1-3-16(17)18(24)11-9-15(10-12-18)27(25,26)14-7-5-13(6-8-14)19(21,22)23/h1-8,15H,9-12,24H2. The molecule has 27 heavy (non-hydrogen) atoms. The highest BCUT2D eigenvalue weighted by Crippen LogP contribution is 2.41. The molecule has 2 aromatic carbocycles. The maximum Gasteiger partial charge on any atom is 0.416 e. The van der Waals surface area contributed by atoms with Gasteiger partial charge in [0, 0.05) is 10.0 Å². The molecule has 0 amide bonds. The van der Waals surface area contributed by atoms with Gasteiger partial charge in [0.1, 0.15) is 0 Å². The van der Waals surface area contributed by atoms with Gasteiger partial charge in [-0.05, 0) is 61.6 Å². The van der Waals surface area contributed by atoms with Gasteiger partial charge in [-0.2, -0.15) is 13.2 Å². The molecule has 1 aliphatic carbocycles. The second-order valence-electron chi connectivity index (χ2n) is 6.90. The van der Waals surface area contributed by atoms with E-state index < -0.39 is 32.4 Å². The monoisotopic (exact) mass is 461 g/mol. The van der Waals surface area contributed by atoms with Crippen LogP contribution in [0.1, 0.15) is 36.8 Å². The third kappa shape index (κ3) is 4.07. The highest BCUT2D eigenvalue weighted by atomic mass is 79.9. The van der Waals surface area contributed by atoms with Crippen LogP contribution >= 0.6 is 15.9 Å². The minimum absolute atomic E-state index is 0.0779. The van der Waals surface area contributed by atoms with E-state index in [0.717, 1.165) is 34.3 Å². The maximum atomic E-state index is 12.8. The molecule has 3 nitrogen and oxygen atoms in total. The van der Waals surface area contributed by atoms with Crippen molar-refractivity contribution in [3.63, 3.8) is 0 Å². The summed E-state index contributed by atoms with van der Waals surface area (Å²) in [5.74, 6) is 0. The van der Waals surface area contributed by atoms with Crippen LogP contribution in [0.15, 0.2) is 57.9 Å². The number of sulfone groups is 1. The summed E-state index contributed by atoms with van der Waals surface area (Å²) in [6, 6.07) is 11.3. The molecular weight excluding hydrogens is 443 g/mol. The lowest BCUT2D eigenvalue weighted by Crippen LogP contribution is -2.43. The number of rotatable bonds is 3. The number of nitrogens with two attached hydrogens (primary N) is 1. The molecule has 0 atom stereocenters. The first-order valence-corrected chi connectivity index (χ1v) is 10.8. The van der Waals surface area contributed by atoms with Gasteiger partial charge in [0.05, 0.1) is 15.7 Å². The smallest absolute Gasteiger partial charge is 0.321 e. The maximum absolute atomic E-state index is 12.8. The fourth-order valence-corrected chi connectivity index (χ4v) is 6.01. The fourth-order valence-electron chi connectivity index (χ4n) is 3.58. The Morgan fingerprint density at radius 1 is 1.00 bits per heavy atom. The van der Waals surface area contributed by atoms with Crippen molar-refractivity contribution in [2.24, 2.45) is 5.73 Å². The number of hydrogen-bond donors (Lipinski definition) is 1. The van der Waals surface area contributed by atoms with Gasteiger partial charge in [0.15, 0.2) is 9.84 Å². The summed E-state index contributed by atoms with van der Waals surface area (Å²) in [4.78, 5) is -0.0779. The minimum Gasteiger partial charge on any atom is -0.321 e. The summed E-state index contributed by atoms with van der Waals surface area (Å²) in [6.45, 7) is 0. The number of alkyl halides is 3. The molecule has 0 unspecified atom stereocenters. The molecule has 1 fully saturated rings. The minimum atomic E-state index is -4.49. The third-order valence-electron chi connectivity index (χ3n) is 5.18. The van der Waals surface area contributed by atoms with Gasteiger partial charge in [-0.3, -0.25) is 0 Å². The Balaban J connectivity index is 1.78. The summed E-state index contributed by atoms with van der Waals surface area (Å²) < 4.78 is 64.6. The highest BCUT2D eigenvalue weighted by molar-refractivity contribution is 9.10. The summed E-state index contributed by atoms with van der Waals surface area (Å²) >= 11 is 3.49. The van der Waals surface area contributed by atoms with E-state index in [0.29, 0.717) is 25.7 Å². The second-order valence-corrected chi connectivity index (χ2v) is 9.98. The lowest BCUT2D eigenvalue weighted by atomic mass is 9.77. The SMILES string of the molecule is NC1(c2ccccc2Br)CCC(S(=O)(=O)c2ccc(C(F)(F)F)cc2)CC1. The highest BCUT2D eigenvalue weighted by Gasteiger charge is 2.40. The van der Waals surface area contributed by atoms with Crippen LogP contribution in [0.3, 0.4) is 0 Å². The Morgan fingerprint density at radius 2 is 1.56 bits per heavy atom. The molecule has 2 aromatic rings. The summed E-state index contributed by atoms with van der Waals surface area (Å²) in [7, 11) is -3.70. The van der Waals surface area contributed by atoms with Crippen LogP contribution in [0.5, 0.6) is 0 Å². The largest absolute Gasteiger partial charge is 0.416 e. The van der Waals surface area contributed by atoms with Crippen molar-refractivity contribution in [2.75, 3.05) is 0 Å². The topological polar surface area (TPSA) is 60.2 Å². The van der Waals surface area contributed by atoms with E-state index in [1.807, 2.05) is 24.3 Å². The molecule has 0 saturated heterocycles. The van der Waals surface area contributed by atoms with Gasteiger partial charge < -0.3 is 5.73 Å². The van der Waals surface area contributed by atoms with E-state index in [1.54, 1.807) is 0 Å². The average Bonchev–Trinajstić information content (AvgIpc) is 2.62. The van der Waals surface area contributed by atoms with Crippen LogP contribution in [0.4, 0.5) is 13.2 Å². The van der Waals surface area contributed by atoms with Crippen LogP contribution in [0.25, 0.3) is 0 Å². The van der Waals surface area contributed by atoms with Crippen LogP contribution in [0.2, 0.25) is 0 Å². The average molecular weight is 462 g/mol. The van der Waals surface area contributed by atoms with Gasteiger partial charge in [0.2, 0.25) is 0 Å². The molecule has 0 heterocycles. The van der Waals surface area contributed by atoms with Crippen molar-refractivity contribution in [3.8, 4) is 0 Å². The van der Waals surface area contributed by atoms with E-state index in [1.165, 1.54) is 0 Å².